The Morgan fingerprint density at radius 3 is 2.36 bits per heavy atom. The van der Waals surface area contributed by atoms with Gasteiger partial charge in [0.15, 0.2) is 15.6 Å². The highest BCUT2D eigenvalue weighted by Gasteiger charge is 2.20. The van der Waals surface area contributed by atoms with Crippen LogP contribution in [0.2, 0.25) is 10.0 Å². The molecule has 144 valence electrons. The molecular formula is C21H15Cl2FO3S. The van der Waals surface area contributed by atoms with Gasteiger partial charge in [0.1, 0.15) is 5.82 Å². The first kappa shape index (κ1) is 20.5. The first-order chi connectivity index (χ1) is 13.3. The third-order valence-electron chi connectivity index (χ3n) is 4.18. The zero-order valence-electron chi connectivity index (χ0n) is 14.5. The monoisotopic (exact) mass is 436 g/mol. The molecule has 0 aliphatic carbocycles. The lowest BCUT2D eigenvalue weighted by atomic mass is 9.99. The van der Waals surface area contributed by atoms with E-state index in [1.807, 2.05) is 0 Å². The molecule has 0 saturated heterocycles. The second-order valence-corrected chi connectivity index (χ2v) is 9.04. The molecule has 0 radical (unpaired) electrons. The Labute approximate surface area is 172 Å². The minimum Gasteiger partial charge on any atom is -0.294 e. The van der Waals surface area contributed by atoms with Gasteiger partial charge in [0.2, 0.25) is 0 Å². The summed E-state index contributed by atoms with van der Waals surface area (Å²) < 4.78 is 38.7. The zero-order chi connectivity index (χ0) is 20.3. The molecule has 3 rings (SSSR count). The van der Waals surface area contributed by atoms with Gasteiger partial charge in [-0.25, -0.2) is 12.8 Å². The summed E-state index contributed by atoms with van der Waals surface area (Å²) in [5, 5.41) is 0.827. The Balaban J connectivity index is 1.89. The van der Waals surface area contributed by atoms with Crippen molar-refractivity contribution in [3.8, 4) is 0 Å². The van der Waals surface area contributed by atoms with Gasteiger partial charge in [0.25, 0.3) is 0 Å². The van der Waals surface area contributed by atoms with Gasteiger partial charge in [0, 0.05) is 22.0 Å². The molecule has 3 aromatic carbocycles. The van der Waals surface area contributed by atoms with Crippen molar-refractivity contribution in [2.24, 2.45) is 0 Å². The summed E-state index contributed by atoms with van der Waals surface area (Å²) in [6.07, 6.45) is 0.00697. The molecule has 0 atom stereocenters. The van der Waals surface area contributed by atoms with Crippen molar-refractivity contribution in [1.29, 1.82) is 0 Å². The minimum absolute atomic E-state index is 0.00697. The fourth-order valence-corrected chi connectivity index (χ4v) is 4.68. The van der Waals surface area contributed by atoms with Crippen LogP contribution in [0.4, 0.5) is 4.39 Å². The standard InChI is InChI=1S/C21H15Cl2FO3S/c22-16-9-8-14(20(23)11-16)10-21(25)19-7-2-1-4-15(19)13-28(26,27)18-6-3-5-17(24)12-18/h1-9,11-12H,10,13H2. The molecule has 3 nitrogen and oxygen atoms in total. The summed E-state index contributed by atoms with van der Waals surface area (Å²) in [7, 11) is -3.81. The quantitative estimate of drug-likeness (QED) is 0.477. The van der Waals surface area contributed by atoms with Crippen molar-refractivity contribution in [1.82, 2.24) is 0 Å². The van der Waals surface area contributed by atoms with Crippen molar-refractivity contribution >= 4 is 38.8 Å². The number of halogens is 3. The van der Waals surface area contributed by atoms with E-state index < -0.39 is 21.4 Å². The summed E-state index contributed by atoms with van der Waals surface area (Å²) in [6.45, 7) is 0. The first-order valence-electron chi connectivity index (χ1n) is 8.29. The van der Waals surface area contributed by atoms with Crippen LogP contribution in [0.5, 0.6) is 0 Å². The number of carbonyl (C=O) groups is 1. The zero-order valence-corrected chi connectivity index (χ0v) is 16.9. The normalized spacial score (nSPS) is 11.4. The van der Waals surface area contributed by atoms with Crippen molar-refractivity contribution in [3.05, 3.63) is 99.3 Å². The van der Waals surface area contributed by atoms with Crippen LogP contribution >= 0.6 is 23.2 Å². The highest BCUT2D eigenvalue weighted by molar-refractivity contribution is 7.90. The van der Waals surface area contributed by atoms with Crippen molar-refractivity contribution in [2.45, 2.75) is 17.1 Å². The van der Waals surface area contributed by atoms with Crippen LogP contribution in [-0.4, -0.2) is 14.2 Å². The molecule has 0 amide bonds. The summed E-state index contributed by atoms with van der Waals surface area (Å²) in [6, 6.07) is 16.1. The van der Waals surface area contributed by atoms with E-state index in [1.54, 1.807) is 42.5 Å². The fourth-order valence-electron chi connectivity index (χ4n) is 2.80. The summed E-state index contributed by atoms with van der Waals surface area (Å²) in [5.74, 6) is -1.32. The second kappa shape index (κ2) is 8.43. The molecule has 0 N–H and O–H groups in total. The Kier molecular flexibility index (Phi) is 6.18. The molecule has 0 fully saturated rings. The highest BCUT2D eigenvalue weighted by Crippen LogP contribution is 2.24. The average molecular weight is 437 g/mol. The van der Waals surface area contributed by atoms with Crippen molar-refractivity contribution < 1.29 is 17.6 Å². The van der Waals surface area contributed by atoms with Crippen molar-refractivity contribution in [3.63, 3.8) is 0 Å². The Morgan fingerprint density at radius 2 is 1.64 bits per heavy atom. The number of ketones is 1. The SMILES string of the molecule is O=C(Cc1ccc(Cl)cc1Cl)c1ccccc1CS(=O)(=O)c1cccc(F)c1. The summed E-state index contributed by atoms with van der Waals surface area (Å²) in [4.78, 5) is 12.7. The van der Waals surface area contributed by atoms with Gasteiger partial charge in [-0.05, 0) is 41.5 Å². The molecule has 0 aliphatic heterocycles. The molecule has 0 saturated carbocycles. The Morgan fingerprint density at radius 1 is 0.893 bits per heavy atom. The van der Waals surface area contributed by atoms with E-state index in [-0.39, 0.29) is 22.7 Å². The molecule has 0 bridgehead atoms. The second-order valence-electron chi connectivity index (χ2n) is 6.21. The van der Waals surface area contributed by atoms with Crippen LogP contribution in [0.1, 0.15) is 21.5 Å². The van der Waals surface area contributed by atoms with Crippen LogP contribution in [0.25, 0.3) is 0 Å². The number of carbonyl (C=O) groups excluding carboxylic acids is 1. The number of rotatable bonds is 6. The molecule has 3 aromatic rings. The smallest absolute Gasteiger partial charge is 0.182 e. The maximum absolute atomic E-state index is 13.4. The number of hydrogen-bond donors (Lipinski definition) is 0. The molecule has 0 heterocycles. The van der Waals surface area contributed by atoms with E-state index in [2.05, 4.69) is 0 Å². The average Bonchev–Trinajstić information content (AvgIpc) is 2.64. The molecule has 0 spiro atoms. The van der Waals surface area contributed by atoms with Crippen LogP contribution in [-0.2, 0) is 22.0 Å². The fraction of sp³-hybridized carbons (Fsp3) is 0.0952. The molecule has 0 aromatic heterocycles. The third kappa shape index (κ3) is 4.79. The number of Topliss-reactive ketones (excluding diaryl/α,β-unsaturated/α-hetero) is 1. The van der Waals surface area contributed by atoms with E-state index in [1.165, 1.54) is 18.2 Å². The Hall–Kier alpha value is -2.21. The lowest BCUT2D eigenvalue weighted by Crippen LogP contribution is -2.12. The van der Waals surface area contributed by atoms with Crippen LogP contribution in [0, 0.1) is 5.82 Å². The minimum atomic E-state index is -3.81. The molecule has 0 aliphatic rings. The van der Waals surface area contributed by atoms with E-state index in [9.17, 15) is 17.6 Å². The van der Waals surface area contributed by atoms with Crippen LogP contribution in [0.3, 0.4) is 0 Å². The maximum atomic E-state index is 13.4. The van der Waals surface area contributed by atoms with E-state index in [0.717, 1.165) is 6.07 Å². The highest BCUT2D eigenvalue weighted by atomic mass is 35.5. The van der Waals surface area contributed by atoms with Gasteiger partial charge in [-0.2, -0.15) is 0 Å². The van der Waals surface area contributed by atoms with E-state index >= 15 is 0 Å². The van der Waals surface area contributed by atoms with Crippen LogP contribution < -0.4 is 0 Å². The topological polar surface area (TPSA) is 51.2 Å². The summed E-state index contributed by atoms with van der Waals surface area (Å²) in [5.41, 5.74) is 1.23. The lowest BCUT2D eigenvalue weighted by molar-refractivity contribution is 0.0992. The molecule has 7 heteroatoms. The van der Waals surface area contributed by atoms with E-state index in [4.69, 9.17) is 23.2 Å². The van der Waals surface area contributed by atoms with Gasteiger partial charge in [-0.15, -0.1) is 0 Å². The van der Waals surface area contributed by atoms with Gasteiger partial charge < -0.3 is 0 Å². The Bertz CT molecular complexity index is 1140. The number of sulfone groups is 1. The maximum Gasteiger partial charge on any atom is 0.182 e. The van der Waals surface area contributed by atoms with Gasteiger partial charge in [-0.1, -0.05) is 59.6 Å². The van der Waals surface area contributed by atoms with Crippen molar-refractivity contribution in [2.75, 3.05) is 0 Å². The van der Waals surface area contributed by atoms with Gasteiger partial charge in [0.05, 0.1) is 10.6 Å². The van der Waals surface area contributed by atoms with E-state index in [0.29, 0.717) is 21.2 Å². The number of hydrogen-bond acceptors (Lipinski definition) is 3. The first-order valence-corrected chi connectivity index (χ1v) is 10.7. The van der Waals surface area contributed by atoms with Gasteiger partial charge in [-0.3, -0.25) is 4.79 Å². The van der Waals surface area contributed by atoms with Crippen LogP contribution in [0.15, 0.2) is 71.6 Å². The largest absolute Gasteiger partial charge is 0.294 e. The lowest BCUT2D eigenvalue weighted by Gasteiger charge is -2.11. The molecular weight excluding hydrogens is 422 g/mol. The molecule has 0 unspecified atom stereocenters. The number of benzene rings is 3. The van der Waals surface area contributed by atoms with Gasteiger partial charge >= 0.3 is 0 Å². The summed E-state index contributed by atoms with van der Waals surface area (Å²) >= 11 is 12.0. The third-order valence-corrected chi connectivity index (χ3v) is 6.43. The predicted molar refractivity (Wildman–Crippen MR) is 108 cm³/mol. The molecule has 28 heavy (non-hydrogen) atoms. The predicted octanol–water partition coefficient (Wildman–Crippen LogP) is 5.53.